The Labute approximate surface area is 200 Å². The standard InChI is InChI=1S/C23H36N4O5S/c1-31-19-8-4-6-17(12-19)14-26(15-18-7-5-10-27(18)22(29)13-24)16-21(28)25-20(9-11-33-3)23(30)32-2/h4,6,8,12,18,20H,5,7,9-11,13-16,24H2,1-3H3,(H,25,28)/t18-,20?/m0/s1. The zero-order valence-electron chi connectivity index (χ0n) is 19.7. The van der Waals surface area contributed by atoms with E-state index in [4.69, 9.17) is 15.2 Å². The van der Waals surface area contributed by atoms with Crippen LogP contribution in [0.3, 0.4) is 0 Å². The number of nitrogens with two attached hydrogens (primary N) is 1. The van der Waals surface area contributed by atoms with Crippen molar-refractivity contribution < 1.29 is 23.9 Å². The first-order valence-corrected chi connectivity index (χ1v) is 12.5. The summed E-state index contributed by atoms with van der Waals surface area (Å²) in [5.41, 5.74) is 6.58. The normalized spacial score (nSPS) is 16.5. The molecule has 1 fully saturated rings. The molecule has 0 radical (unpaired) electrons. The second kappa shape index (κ2) is 14.1. The van der Waals surface area contributed by atoms with Crippen LogP contribution < -0.4 is 15.8 Å². The predicted molar refractivity (Wildman–Crippen MR) is 129 cm³/mol. The zero-order valence-corrected chi connectivity index (χ0v) is 20.6. The third kappa shape index (κ3) is 8.53. The average molecular weight is 481 g/mol. The van der Waals surface area contributed by atoms with Gasteiger partial charge in [0.25, 0.3) is 0 Å². The Bertz CT molecular complexity index is 794. The van der Waals surface area contributed by atoms with Crippen molar-refractivity contribution in [3.05, 3.63) is 29.8 Å². The molecule has 1 aromatic rings. The molecule has 2 rings (SSSR count). The molecule has 0 bridgehead atoms. The van der Waals surface area contributed by atoms with Crippen LogP contribution in [0.5, 0.6) is 5.75 Å². The number of carbonyl (C=O) groups is 3. The second-order valence-corrected chi connectivity index (χ2v) is 9.02. The molecule has 0 aliphatic carbocycles. The number of amides is 2. The highest BCUT2D eigenvalue weighted by Gasteiger charge is 2.30. The fourth-order valence-corrected chi connectivity index (χ4v) is 4.52. The summed E-state index contributed by atoms with van der Waals surface area (Å²) in [6.07, 6.45) is 4.22. The van der Waals surface area contributed by atoms with Gasteiger partial charge in [0.05, 0.1) is 27.3 Å². The van der Waals surface area contributed by atoms with Gasteiger partial charge in [-0.25, -0.2) is 4.79 Å². The van der Waals surface area contributed by atoms with Gasteiger partial charge >= 0.3 is 5.97 Å². The van der Waals surface area contributed by atoms with E-state index in [0.717, 1.165) is 29.9 Å². The van der Waals surface area contributed by atoms with Gasteiger partial charge < -0.3 is 25.4 Å². The summed E-state index contributed by atoms with van der Waals surface area (Å²) in [7, 11) is 2.93. The number of nitrogens with zero attached hydrogens (tertiary/aromatic N) is 2. The van der Waals surface area contributed by atoms with Crippen molar-refractivity contribution in [2.45, 2.75) is 37.9 Å². The van der Waals surface area contributed by atoms with E-state index in [0.29, 0.717) is 26.1 Å². The minimum absolute atomic E-state index is 0.00708. The van der Waals surface area contributed by atoms with Gasteiger partial charge in [-0.2, -0.15) is 11.8 Å². The van der Waals surface area contributed by atoms with Crippen molar-refractivity contribution in [3.63, 3.8) is 0 Å². The van der Waals surface area contributed by atoms with Crippen LogP contribution in [0.25, 0.3) is 0 Å². The number of esters is 1. The first kappa shape index (κ1) is 26.9. The molecule has 3 N–H and O–H groups in total. The number of benzene rings is 1. The lowest BCUT2D eigenvalue weighted by molar-refractivity contribution is -0.145. The van der Waals surface area contributed by atoms with E-state index in [1.807, 2.05) is 40.3 Å². The number of likely N-dealkylation sites (tertiary alicyclic amines) is 1. The topological polar surface area (TPSA) is 114 Å². The summed E-state index contributed by atoms with van der Waals surface area (Å²) in [6.45, 7) is 1.77. The lowest BCUT2D eigenvalue weighted by Crippen LogP contribution is -2.49. The Balaban J connectivity index is 2.14. The second-order valence-electron chi connectivity index (χ2n) is 8.03. The zero-order chi connectivity index (χ0) is 24.2. The van der Waals surface area contributed by atoms with E-state index in [1.54, 1.807) is 18.9 Å². The van der Waals surface area contributed by atoms with E-state index in [2.05, 4.69) is 5.32 Å². The highest BCUT2D eigenvalue weighted by Crippen LogP contribution is 2.20. The largest absolute Gasteiger partial charge is 0.497 e. The Kier molecular flexibility index (Phi) is 11.5. The van der Waals surface area contributed by atoms with Gasteiger partial charge in [0.2, 0.25) is 11.8 Å². The van der Waals surface area contributed by atoms with Crippen molar-refractivity contribution in [2.75, 3.05) is 52.4 Å². The molecule has 1 unspecified atom stereocenters. The lowest BCUT2D eigenvalue weighted by Gasteiger charge is -2.31. The van der Waals surface area contributed by atoms with Crippen LogP contribution in [0.1, 0.15) is 24.8 Å². The molecule has 33 heavy (non-hydrogen) atoms. The summed E-state index contributed by atoms with van der Waals surface area (Å²) >= 11 is 1.60. The number of ether oxygens (including phenoxy) is 2. The molecule has 9 nitrogen and oxygen atoms in total. The number of hydrogen-bond donors (Lipinski definition) is 2. The van der Waals surface area contributed by atoms with E-state index < -0.39 is 12.0 Å². The molecule has 184 valence electrons. The van der Waals surface area contributed by atoms with Crippen molar-refractivity contribution in [1.82, 2.24) is 15.1 Å². The van der Waals surface area contributed by atoms with Gasteiger partial charge in [-0.15, -0.1) is 0 Å². The van der Waals surface area contributed by atoms with Gasteiger partial charge in [-0.3, -0.25) is 14.5 Å². The SMILES string of the molecule is COC(=O)C(CCSC)NC(=O)CN(Cc1cccc(OC)c1)C[C@@H]1CCCN1C(=O)CN. The van der Waals surface area contributed by atoms with Crippen molar-refractivity contribution in [3.8, 4) is 5.75 Å². The van der Waals surface area contributed by atoms with Crippen LogP contribution in [-0.2, 0) is 25.7 Å². The third-order valence-electron chi connectivity index (χ3n) is 5.68. The van der Waals surface area contributed by atoms with Gasteiger partial charge in [-0.1, -0.05) is 12.1 Å². The Hall–Kier alpha value is -2.30. The number of thioether (sulfide) groups is 1. The fourth-order valence-electron chi connectivity index (χ4n) is 4.05. The van der Waals surface area contributed by atoms with Crippen molar-refractivity contribution in [1.29, 1.82) is 0 Å². The van der Waals surface area contributed by atoms with Crippen LogP contribution in [0.4, 0.5) is 0 Å². The molecule has 1 aliphatic heterocycles. The Morgan fingerprint density at radius 3 is 2.79 bits per heavy atom. The summed E-state index contributed by atoms with van der Waals surface area (Å²) < 4.78 is 10.2. The number of rotatable bonds is 13. The minimum Gasteiger partial charge on any atom is -0.497 e. The smallest absolute Gasteiger partial charge is 0.328 e. The molecule has 2 atom stereocenters. The van der Waals surface area contributed by atoms with Gasteiger partial charge in [0.1, 0.15) is 11.8 Å². The molecule has 0 saturated carbocycles. The molecule has 1 saturated heterocycles. The quantitative estimate of drug-likeness (QED) is 0.400. The molecule has 2 amide bonds. The molecule has 1 aromatic carbocycles. The summed E-state index contributed by atoms with van der Waals surface area (Å²) in [6, 6.07) is 6.98. The van der Waals surface area contributed by atoms with E-state index in [9.17, 15) is 14.4 Å². The average Bonchev–Trinajstić information content (AvgIpc) is 3.28. The number of carbonyl (C=O) groups excluding carboxylic acids is 3. The van der Waals surface area contributed by atoms with Crippen LogP contribution in [0, 0.1) is 0 Å². The van der Waals surface area contributed by atoms with Gasteiger partial charge in [0, 0.05) is 25.7 Å². The van der Waals surface area contributed by atoms with Gasteiger partial charge in [0.15, 0.2) is 0 Å². The minimum atomic E-state index is -0.685. The summed E-state index contributed by atoms with van der Waals surface area (Å²) in [5, 5.41) is 2.82. The number of nitrogens with one attached hydrogen (secondary N) is 1. The highest BCUT2D eigenvalue weighted by molar-refractivity contribution is 7.98. The first-order chi connectivity index (χ1) is 15.9. The van der Waals surface area contributed by atoms with Crippen LogP contribution in [0.15, 0.2) is 24.3 Å². The first-order valence-electron chi connectivity index (χ1n) is 11.1. The molecule has 0 spiro atoms. The van der Waals surface area contributed by atoms with Crippen LogP contribution in [-0.4, -0.2) is 92.1 Å². The van der Waals surface area contributed by atoms with Crippen LogP contribution in [0.2, 0.25) is 0 Å². The van der Waals surface area contributed by atoms with Crippen molar-refractivity contribution in [2.24, 2.45) is 5.73 Å². The molecular weight excluding hydrogens is 444 g/mol. The number of methoxy groups -OCH3 is 2. The third-order valence-corrected chi connectivity index (χ3v) is 6.32. The van der Waals surface area contributed by atoms with E-state index in [-0.39, 0.29) is 30.9 Å². The predicted octanol–water partition coefficient (Wildman–Crippen LogP) is 0.858. The van der Waals surface area contributed by atoms with Crippen LogP contribution >= 0.6 is 11.8 Å². The lowest BCUT2D eigenvalue weighted by atomic mass is 10.1. The molecule has 10 heteroatoms. The molecule has 1 heterocycles. The monoisotopic (exact) mass is 480 g/mol. The maximum absolute atomic E-state index is 12.9. The summed E-state index contributed by atoms with van der Waals surface area (Å²) in [5.74, 6) is 0.675. The molecule has 1 aliphatic rings. The fraction of sp³-hybridized carbons (Fsp3) is 0.609. The van der Waals surface area contributed by atoms with E-state index >= 15 is 0 Å². The maximum atomic E-state index is 12.9. The maximum Gasteiger partial charge on any atom is 0.328 e. The Morgan fingerprint density at radius 1 is 1.33 bits per heavy atom. The highest BCUT2D eigenvalue weighted by atomic mass is 32.2. The number of hydrogen-bond acceptors (Lipinski definition) is 8. The molecule has 0 aromatic heterocycles. The summed E-state index contributed by atoms with van der Waals surface area (Å²) in [4.78, 5) is 41.1. The molecular formula is C23H36N4O5S. The van der Waals surface area contributed by atoms with Crippen molar-refractivity contribution >= 4 is 29.5 Å². The Morgan fingerprint density at radius 2 is 2.12 bits per heavy atom. The van der Waals surface area contributed by atoms with Gasteiger partial charge in [-0.05, 0) is 49.0 Å². The van der Waals surface area contributed by atoms with E-state index in [1.165, 1.54) is 7.11 Å².